The first kappa shape index (κ1) is 20.8. The van der Waals surface area contributed by atoms with Gasteiger partial charge < -0.3 is 14.2 Å². The summed E-state index contributed by atoms with van der Waals surface area (Å²) in [5.41, 5.74) is 1.16. The summed E-state index contributed by atoms with van der Waals surface area (Å²) in [6.07, 6.45) is 0.329. The first-order chi connectivity index (χ1) is 12.0. The van der Waals surface area contributed by atoms with Gasteiger partial charge in [0.15, 0.2) is 11.9 Å². The van der Waals surface area contributed by atoms with Crippen molar-refractivity contribution in [2.75, 3.05) is 14.2 Å². The Hall–Kier alpha value is -2.23. The van der Waals surface area contributed by atoms with Gasteiger partial charge in [-0.1, -0.05) is 57.7 Å². The topological polar surface area (TPSA) is 44.8 Å². The SMILES string of the molecule is C=C(C)OC1C(OC)=C(OC)C(=O)C(C)C1Cc1ccccc1.CC. The van der Waals surface area contributed by atoms with Gasteiger partial charge in [0, 0.05) is 11.8 Å². The van der Waals surface area contributed by atoms with E-state index in [2.05, 4.69) is 18.7 Å². The van der Waals surface area contributed by atoms with Crippen LogP contribution in [0.4, 0.5) is 0 Å². The standard InChI is InChI=1S/C19H24O4.C2H6/c1-12(2)23-17-15(11-14-9-7-6-8-10-14)13(3)16(20)18(21-4)19(17)22-5;1-2/h6-10,13,15,17H,1,11H2,2-5H3;1-2H3. The Morgan fingerprint density at radius 2 is 1.72 bits per heavy atom. The minimum atomic E-state index is -0.389. The number of carbonyl (C=O) groups excluding carboxylic acids is 1. The molecule has 138 valence electrons. The molecule has 25 heavy (non-hydrogen) atoms. The molecule has 4 heteroatoms. The predicted octanol–water partition coefficient (Wildman–Crippen LogP) is 4.51. The van der Waals surface area contributed by atoms with Crippen LogP contribution in [0, 0.1) is 11.8 Å². The summed E-state index contributed by atoms with van der Waals surface area (Å²) in [5, 5.41) is 0. The highest BCUT2D eigenvalue weighted by Gasteiger charge is 2.44. The summed E-state index contributed by atoms with van der Waals surface area (Å²) in [5.74, 6) is 0.949. The van der Waals surface area contributed by atoms with Crippen LogP contribution in [-0.4, -0.2) is 26.1 Å². The van der Waals surface area contributed by atoms with Gasteiger partial charge in [-0.2, -0.15) is 0 Å². The second-order valence-electron chi connectivity index (χ2n) is 5.85. The quantitative estimate of drug-likeness (QED) is 0.711. The summed E-state index contributed by atoms with van der Waals surface area (Å²) in [6, 6.07) is 10.1. The molecule has 0 aromatic heterocycles. The first-order valence-electron chi connectivity index (χ1n) is 8.72. The van der Waals surface area contributed by atoms with Crippen LogP contribution in [0.3, 0.4) is 0 Å². The maximum atomic E-state index is 12.6. The molecular weight excluding hydrogens is 316 g/mol. The van der Waals surface area contributed by atoms with Gasteiger partial charge in [0.2, 0.25) is 11.5 Å². The van der Waals surface area contributed by atoms with E-state index < -0.39 is 0 Å². The molecule has 0 N–H and O–H groups in total. The maximum Gasteiger partial charge on any atom is 0.204 e. The number of carbonyl (C=O) groups is 1. The Bertz CT molecular complexity index is 604. The molecule has 0 radical (unpaired) electrons. The third-order valence-electron chi connectivity index (χ3n) is 4.22. The van der Waals surface area contributed by atoms with E-state index in [9.17, 15) is 4.79 Å². The lowest BCUT2D eigenvalue weighted by Gasteiger charge is -2.37. The van der Waals surface area contributed by atoms with Gasteiger partial charge in [0.1, 0.15) is 0 Å². The highest BCUT2D eigenvalue weighted by Crippen LogP contribution is 2.37. The molecule has 0 bridgehead atoms. The zero-order valence-corrected chi connectivity index (χ0v) is 16.2. The molecule has 2 rings (SSSR count). The minimum absolute atomic E-state index is 0.0459. The minimum Gasteiger partial charge on any atom is -0.493 e. The molecular formula is C21H30O4. The number of rotatable bonds is 6. The molecule has 4 nitrogen and oxygen atoms in total. The molecule has 0 amide bonds. The second-order valence-corrected chi connectivity index (χ2v) is 5.85. The molecule has 0 saturated carbocycles. The van der Waals surface area contributed by atoms with Crippen molar-refractivity contribution in [3.05, 3.63) is 59.8 Å². The van der Waals surface area contributed by atoms with Crippen molar-refractivity contribution in [2.24, 2.45) is 11.8 Å². The Kier molecular flexibility index (Phi) is 8.26. The van der Waals surface area contributed by atoms with Crippen LogP contribution in [0.5, 0.6) is 0 Å². The van der Waals surface area contributed by atoms with Crippen molar-refractivity contribution < 1.29 is 19.0 Å². The molecule has 1 aliphatic rings. The fourth-order valence-corrected chi connectivity index (χ4v) is 3.05. The molecule has 1 aliphatic carbocycles. The lowest BCUT2D eigenvalue weighted by molar-refractivity contribution is -0.128. The molecule has 0 aliphatic heterocycles. The number of hydrogen-bond acceptors (Lipinski definition) is 4. The van der Waals surface area contributed by atoms with E-state index in [-0.39, 0.29) is 29.5 Å². The van der Waals surface area contributed by atoms with Gasteiger partial charge in [-0.15, -0.1) is 0 Å². The van der Waals surface area contributed by atoms with E-state index in [1.165, 1.54) is 14.2 Å². The molecule has 3 unspecified atom stereocenters. The lowest BCUT2D eigenvalue weighted by Crippen LogP contribution is -2.42. The summed E-state index contributed by atoms with van der Waals surface area (Å²) >= 11 is 0. The summed E-state index contributed by atoms with van der Waals surface area (Å²) in [7, 11) is 3.01. The van der Waals surface area contributed by atoms with Crippen LogP contribution in [0.25, 0.3) is 0 Å². The van der Waals surface area contributed by atoms with Crippen molar-refractivity contribution in [3.63, 3.8) is 0 Å². The Morgan fingerprint density at radius 3 is 2.20 bits per heavy atom. The zero-order valence-electron chi connectivity index (χ0n) is 16.2. The van der Waals surface area contributed by atoms with Crippen LogP contribution in [0.1, 0.15) is 33.3 Å². The van der Waals surface area contributed by atoms with E-state index in [1.54, 1.807) is 6.92 Å². The number of Topliss-reactive ketones (excluding diaryl/α,β-unsaturated/α-hetero) is 1. The van der Waals surface area contributed by atoms with Crippen LogP contribution >= 0.6 is 0 Å². The molecule has 1 aromatic rings. The van der Waals surface area contributed by atoms with Crippen LogP contribution in [-0.2, 0) is 25.4 Å². The number of allylic oxidation sites excluding steroid dienone is 2. The van der Waals surface area contributed by atoms with Gasteiger partial charge >= 0.3 is 0 Å². The van der Waals surface area contributed by atoms with E-state index in [1.807, 2.05) is 39.0 Å². The average Bonchev–Trinajstić information content (AvgIpc) is 2.63. The summed E-state index contributed by atoms with van der Waals surface area (Å²) in [4.78, 5) is 12.6. The van der Waals surface area contributed by atoms with E-state index in [0.717, 1.165) is 12.0 Å². The number of methoxy groups -OCH3 is 2. The first-order valence-corrected chi connectivity index (χ1v) is 8.72. The van der Waals surface area contributed by atoms with Crippen molar-refractivity contribution in [3.8, 4) is 0 Å². The van der Waals surface area contributed by atoms with Crippen molar-refractivity contribution in [1.29, 1.82) is 0 Å². The summed E-state index contributed by atoms with van der Waals surface area (Å²) in [6.45, 7) is 11.5. The van der Waals surface area contributed by atoms with Gasteiger partial charge in [0.25, 0.3) is 0 Å². The van der Waals surface area contributed by atoms with Crippen LogP contribution in [0.15, 0.2) is 54.2 Å². The Labute approximate surface area is 151 Å². The fourth-order valence-electron chi connectivity index (χ4n) is 3.05. The number of benzene rings is 1. The van der Waals surface area contributed by atoms with E-state index >= 15 is 0 Å². The molecule has 3 atom stereocenters. The monoisotopic (exact) mass is 346 g/mol. The number of ether oxygens (including phenoxy) is 3. The number of ketones is 1. The highest BCUT2D eigenvalue weighted by atomic mass is 16.5. The average molecular weight is 346 g/mol. The highest BCUT2D eigenvalue weighted by molar-refractivity contribution is 5.97. The third-order valence-corrected chi connectivity index (χ3v) is 4.22. The summed E-state index contributed by atoms with van der Waals surface area (Å²) < 4.78 is 16.7. The Balaban J connectivity index is 0.00000151. The zero-order chi connectivity index (χ0) is 19.0. The Morgan fingerprint density at radius 1 is 1.12 bits per heavy atom. The van der Waals surface area contributed by atoms with Crippen molar-refractivity contribution in [1.82, 2.24) is 0 Å². The normalized spacial score (nSPS) is 22.6. The van der Waals surface area contributed by atoms with Gasteiger partial charge in [-0.3, -0.25) is 4.79 Å². The molecule has 0 spiro atoms. The van der Waals surface area contributed by atoms with Gasteiger partial charge in [-0.05, 0) is 18.9 Å². The van der Waals surface area contributed by atoms with E-state index in [4.69, 9.17) is 14.2 Å². The molecule has 0 heterocycles. The van der Waals surface area contributed by atoms with Gasteiger partial charge in [-0.25, -0.2) is 0 Å². The van der Waals surface area contributed by atoms with Crippen molar-refractivity contribution >= 4 is 5.78 Å². The fraction of sp³-hybridized carbons (Fsp3) is 0.476. The van der Waals surface area contributed by atoms with E-state index in [0.29, 0.717) is 11.5 Å². The molecule has 0 fully saturated rings. The molecule has 0 saturated heterocycles. The lowest BCUT2D eigenvalue weighted by atomic mass is 9.76. The van der Waals surface area contributed by atoms with Crippen molar-refractivity contribution in [2.45, 2.75) is 40.2 Å². The molecule has 1 aromatic carbocycles. The number of hydrogen-bond donors (Lipinski definition) is 0. The largest absolute Gasteiger partial charge is 0.493 e. The predicted molar refractivity (Wildman–Crippen MR) is 99.9 cm³/mol. The van der Waals surface area contributed by atoms with Crippen LogP contribution < -0.4 is 0 Å². The smallest absolute Gasteiger partial charge is 0.204 e. The second kappa shape index (κ2) is 9.92. The maximum absolute atomic E-state index is 12.6. The van der Waals surface area contributed by atoms with Crippen LogP contribution in [0.2, 0.25) is 0 Å². The van der Waals surface area contributed by atoms with Gasteiger partial charge in [0.05, 0.1) is 20.0 Å². The third kappa shape index (κ3) is 4.88.